The standard InChI is InChI=1S/C23H23ClN4O5S/c1-4-5-6-7-10-17-25-18-20(24)26-21(15-9-8-11-31-15)27-22(18)28(17)23-19(33-14(3)30)16(12-34-23)32-13(2)29/h8-9,11,16,19,23H,4-6,12H2,1-3H3/t16-,19-,23-/m1/s1. The van der Waals surface area contributed by atoms with E-state index in [4.69, 9.17) is 25.5 Å². The topological polar surface area (TPSA) is 109 Å². The van der Waals surface area contributed by atoms with E-state index < -0.39 is 29.5 Å². The minimum Gasteiger partial charge on any atom is -0.461 e. The highest BCUT2D eigenvalue weighted by molar-refractivity contribution is 7.99. The lowest BCUT2D eigenvalue weighted by atomic mass is 10.2. The SMILES string of the molecule is CCCCC#Cc1nc2c(Cl)nc(-c3ccco3)nc2n1[C@@H]1SC[C@@H](OC(C)=O)[C@H]1OC(C)=O. The lowest BCUT2D eigenvalue weighted by Gasteiger charge is -2.24. The van der Waals surface area contributed by atoms with E-state index in [2.05, 4.69) is 33.7 Å². The van der Waals surface area contributed by atoms with Gasteiger partial charge in [-0.15, -0.1) is 11.8 Å². The number of imidazole rings is 1. The number of hydrogen-bond donors (Lipinski definition) is 0. The molecule has 0 saturated carbocycles. The Hall–Kier alpha value is -3.03. The van der Waals surface area contributed by atoms with Crippen molar-refractivity contribution in [1.82, 2.24) is 19.5 Å². The zero-order valence-electron chi connectivity index (χ0n) is 18.9. The highest BCUT2D eigenvalue weighted by Gasteiger charge is 2.44. The maximum absolute atomic E-state index is 11.9. The second kappa shape index (κ2) is 10.5. The minimum absolute atomic E-state index is 0.148. The fourth-order valence-electron chi connectivity index (χ4n) is 3.62. The third-order valence-corrected chi connectivity index (χ3v) is 6.65. The van der Waals surface area contributed by atoms with Crippen molar-refractivity contribution in [2.24, 2.45) is 0 Å². The lowest BCUT2D eigenvalue weighted by Crippen LogP contribution is -2.36. The molecule has 9 nitrogen and oxygen atoms in total. The highest BCUT2D eigenvalue weighted by Crippen LogP contribution is 2.42. The van der Waals surface area contributed by atoms with Crippen molar-refractivity contribution in [2.45, 2.75) is 57.6 Å². The molecule has 4 rings (SSSR count). The van der Waals surface area contributed by atoms with Gasteiger partial charge in [-0.1, -0.05) is 30.9 Å². The van der Waals surface area contributed by atoms with E-state index in [-0.39, 0.29) is 11.0 Å². The third-order valence-electron chi connectivity index (χ3n) is 5.05. The summed E-state index contributed by atoms with van der Waals surface area (Å²) in [5.41, 5.74) is 0.791. The molecule has 0 N–H and O–H groups in total. The second-order valence-corrected chi connectivity index (χ2v) is 9.15. The van der Waals surface area contributed by atoms with E-state index in [9.17, 15) is 9.59 Å². The normalized spacial score (nSPS) is 19.6. The Morgan fingerprint density at radius 1 is 1.26 bits per heavy atom. The highest BCUT2D eigenvalue weighted by atomic mass is 35.5. The Morgan fingerprint density at radius 3 is 2.74 bits per heavy atom. The number of furan rings is 1. The fourth-order valence-corrected chi connectivity index (χ4v) is 5.24. The Labute approximate surface area is 205 Å². The average Bonchev–Trinajstić information content (AvgIpc) is 3.51. The number of halogens is 1. The van der Waals surface area contributed by atoms with E-state index in [1.807, 2.05) is 0 Å². The van der Waals surface area contributed by atoms with Crippen LogP contribution in [0.25, 0.3) is 22.7 Å². The number of carbonyl (C=O) groups is 2. The molecule has 0 unspecified atom stereocenters. The van der Waals surface area contributed by atoms with E-state index in [0.29, 0.717) is 34.9 Å². The van der Waals surface area contributed by atoms with Crippen LogP contribution in [-0.4, -0.2) is 49.4 Å². The zero-order chi connectivity index (χ0) is 24.2. The van der Waals surface area contributed by atoms with Gasteiger partial charge in [-0.25, -0.2) is 15.0 Å². The molecule has 4 heterocycles. The molecule has 1 saturated heterocycles. The Morgan fingerprint density at radius 2 is 2.06 bits per heavy atom. The Balaban J connectivity index is 1.87. The number of rotatable bonds is 6. The fraction of sp³-hybridized carbons (Fsp3) is 0.435. The predicted molar refractivity (Wildman–Crippen MR) is 127 cm³/mol. The second-order valence-electron chi connectivity index (χ2n) is 7.64. The molecule has 1 fully saturated rings. The number of esters is 2. The first-order valence-corrected chi connectivity index (χ1v) is 12.3. The van der Waals surface area contributed by atoms with Crippen LogP contribution in [0.5, 0.6) is 0 Å². The van der Waals surface area contributed by atoms with Crippen molar-refractivity contribution in [2.75, 3.05) is 5.75 Å². The van der Waals surface area contributed by atoms with E-state index >= 15 is 0 Å². The van der Waals surface area contributed by atoms with Gasteiger partial charge in [0.15, 0.2) is 40.4 Å². The molecule has 0 amide bonds. The lowest BCUT2D eigenvalue weighted by molar-refractivity contribution is -0.163. The number of hydrogen-bond acceptors (Lipinski definition) is 9. The molecule has 3 aromatic heterocycles. The van der Waals surface area contributed by atoms with Crippen LogP contribution in [0.15, 0.2) is 22.8 Å². The zero-order valence-corrected chi connectivity index (χ0v) is 20.5. The largest absolute Gasteiger partial charge is 0.461 e. The van der Waals surface area contributed by atoms with E-state index in [0.717, 1.165) is 12.8 Å². The average molecular weight is 503 g/mol. The number of nitrogens with zero attached hydrogens (tertiary/aromatic N) is 4. The van der Waals surface area contributed by atoms with Crippen molar-refractivity contribution in [3.8, 4) is 23.4 Å². The van der Waals surface area contributed by atoms with Gasteiger partial charge < -0.3 is 13.9 Å². The van der Waals surface area contributed by atoms with Crippen molar-refractivity contribution in [3.05, 3.63) is 29.4 Å². The van der Waals surface area contributed by atoms with Crippen LogP contribution in [0.2, 0.25) is 5.15 Å². The van der Waals surface area contributed by atoms with E-state index in [1.54, 1.807) is 16.7 Å². The van der Waals surface area contributed by atoms with Gasteiger partial charge in [0.05, 0.1) is 6.26 Å². The van der Waals surface area contributed by atoms with Gasteiger partial charge in [0, 0.05) is 26.0 Å². The molecule has 178 valence electrons. The third kappa shape index (κ3) is 5.05. The van der Waals surface area contributed by atoms with Gasteiger partial charge in [-0.2, -0.15) is 0 Å². The van der Waals surface area contributed by atoms with Crippen LogP contribution in [0.4, 0.5) is 0 Å². The minimum atomic E-state index is -0.763. The molecular formula is C23H23ClN4O5S. The van der Waals surface area contributed by atoms with Crippen molar-refractivity contribution in [1.29, 1.82) is 0 Å². The van der Waals surface area contributed by atoms with Crippen LogP contribution >= 0.6 is 23.4 Å². The Kier molecular flexibility index (Phi) is 7.44. The molecule has 0 aliphatic carbocycles. The number of thioether (sulfide) groups is 1. The summed E-state index contributed by atoms with van der Waals surface area (Å²) >= 11 is 7.95. The van der Waals surface area contributed by atoms with Gasteiger partial charge in [0.25, 0.3) is 0 Å². The van der Waals surface area contributed by atoms with Gasteiger partial charge in [0.2, 0.25) is 0 Å². The monoisotopic (exact) mass is 502 g/mol. The van der Waals surface area contributed by atoms with Gasteiger partial charge >= 0.3 is 11.9 Å². The molecule has 0 aromatic carbocycles. The van der Waals surface area contributed by atoms with Gasteiger partial charge in [0.1, 0.15) is 10.9 Å². The summed E-state index contributed by atoms with van der Waals surface area (Å²) in [7, 11) is 0. The number of fused-ring (bicyclic) bond motifs is 1. The van der Waals surface area contributed by atoms with Crippen molar-refractivity contribution in [3.63, 3.8) is 0 Å². The summed E-state index contributed by atoms with van der Waals surface area (Å²) in [5, 5.41) is -0.348. The number of unbranched alkanes of at least 4 members (excludes halogenated alkanes) is 2. The molecule has 0 radical (unpaired) electrons. The van der Waals surface area contributed by atoms with Gasteiger partial charge in [-0.3, -0.25) is 14.2 Å². The molecule has 1 aliphatic rings. The Bertz CT molecular complexity index is 1260. The van der Waals surface area contributed by atoms with Crippen LogP contribution in [0, 0.1) is 11.8 Å². The maximum Gasteiger partial charge on any atom is 0.303 e. The number of aromatic nitrogens is 4. The summed E-state index contributed by atoms with van der Waals surface area (Å²) in [5.74, 6) is 6.89. The van der Waals surface area contributed by atoms with Crippen LogP contribution in [-0.2, 0) is 19.1 Å². The summed E-state index contributed by atoms with van der Waals surface area (Å²) in [6, 6.07) is 3.46. The van der Waals surface area contributed by atoms with Crippen LogP contribution in [0.1, 0.15) is 51.2 Å². The molecule has 3 aromatic rings. The first-order valence-electron chi connectivity index (χ1n) is 10.8. The molecule has 3 atom stereocenters. The predicted octanol–water partition coefficient (Wildman–Crippen LogP) is 4.39. The quantitative estimate of drug-likeness (QED) is 0.210. The molecule has 11 heteroatoms. The maximum atomic E-state index is 11.9. The first-order chi connectivity index (χ1) is 16.4. The molecule has 1 aliphatic heterocycles. The number of carbonyl (C=O) groups excluding carboxylic acids is 2. The molecule has 0 bridgehead atoms. The molecular weight excluding hydrogens is 480 g/mol. The van der Waals surface area contributed by atoms with E-state index in [1.165, 1.54) is 31.9 Å². The first kappa shape index (κ1) is 24.1. The smallest absolute Gasteiger partial charge is 0.303 e. The molecule has 34 heavy (non-hydrogen) atoms. The number of ether oxygens (including phenoxy) is 2. The van der Waals surface area contributed by atoms with Crippen molar-refractivity contribution >= 4 is 46.5 Å². The van der Waals surface area contributed by atoms with Gasteiger partial charge in [-0.05, 0) is 24.5 Å². The summed E-state index contributed by atoms with van der Waals surface area (Å²) < 4.78 is 18.3. The van der Waals surface area contributed by atoms with Crippen molar-refractivity contribution < 1.29 is 23.5 Å². The molecule has 0 spiro atoms. The summed E-state index contributed by atoms with van der Waals surface area (Å²) in [6.07, 6.45) is 2.81. The summed E-state index contributed by atoms with van der Waals surface area (Å²) in [6.45, 7) is 4.73. The van der Waals surface area contributed by atoms with Crippen LogP contribution < -0.4 is 0 Å². The summed E-state index contributed by atoms with van der Waals surface area (Å²) in [4.78, 5) is 37.2. The van der Waals surface area contributed by atoms with Crippen LogP contribution in [0.3, 0.4) is 0 Å².